The Morgan fingerprint density at radius 3 is 3.12 bits per heavy atom. The molecule has 3 N–H and O–H groups in total. The average Bonchev–Trinajstić information content (AvgIpc) is 3.40. The Morgan fingerprint density at radius 1 is 1.42 bits per heavy atom. The maximum atomic E-state index is 13.8. The number of aromatic nitrogens is 5. The van der Waals surface area contributed by atoms with E-state index >= 15 is 0 Å². The first kappa shape index (κ1) is 16.3. The van der Waals surface area contributed by atoms with Crippen LogP contribution in [0.1, 0.15) is 11.9 Å². The third-order valence-electron chi connectivity index (χ3n) is 4.09. The van der Waals surface area contributed by atoms with E-state index in [1.807, 2.05) is 0 Å². The van der Waals surface area contributed by atoms with Crippen molar-refractivity contribution in [3.05, 3.63) is 48.2 Å². The van der Waals surface area contributed by atoms with Gasteiger partial charge >= 0.3 is 0 Å². The van der Waals surface area contributed by atoms with Gasteiger partial charge in [-0.3, -0.25) is 10.2 Å². The summed E-state index contributed by atoms with van der Waals surface area (Å²) in [6.45, 7) is 0.562. The third kappa shape index (κ3) is 3.17. The highest BCUT2D eigenvalue weighted by Gasteiger charge is 2.35. The number of hydrogen-bond acceptors (Lipinski definition) is 8. The molecule has 0 spiro atoms. The summed E-state index contributed by atoms with van der Waals surface area (Å²) < 4.78 is 20.5. The quantitative estimate of drug-likeness (QED) is 0.583. The van der Waals surface area contributed by atoms with Crippen molar-refractivity contribution in [3.8, 4) is 11.3 Å². The van der Waals surface area contributed by atoms with E-state index in [4.69, 9.17) is 4.52 Å². The molecule has 1 saturated heterocycles. The van der Waals surface area contributed by atoms with Crippen LogP contribution in [-0.4, -0.2) is 37.8 Å². The molecule has 26 heavy (non-hydrogen) atoms. The van der Waals surface area contributed by atoms with Crippen LogP contribution in [0.5, 0.6) is 0 Å². The first-order valence-electron chi connectivity index (χ1n) is 7.91. The molecule has 10 nitrogen and oxygen atoms in total. The van der Waals surface area contributed by atoms with Crippen molar-refractivity contribution in [2.45, 2.75) is 12.7 Å². The van der Waals surface area contributed by atoms with Gasteiger partial charge in [-0.05, 0) is 22.6 Å². The fourth-order valence-corrected chi connectivity index (χ4v) is 2.77. The Morgan fingerprint density at radius 2 is 2.31 bits per heavy atom. The topological polar surface area (TPSA) is 123 Å². The minimum Gasteiger partial charge on any atom is -0.359 e. The molecular formula is C15H15FN8O2. The highest BCUT2D eigenvalue weighted by atomic mass is 19.1. The Labute approximate surface area is 146 Å². The Hall–Kier alpha value is -3.18. The van der Waals surface area contributed by atoms with Gasteiger partial charge in [-0.1, -0.05) is 17.3 Å². The van der Waals surface area contributed by atoms with Gasteiger partial charge in [-0.15, -0.1) is 5.10 Å². The van der Waals surface area contributed by atoms with Gasteiger partial charge in [-0.2, -0.15) is 0 Å². The predicted molar refractivity (Wildman–Crippen MR) is 85.2 cm³/mol. The van der Waals surface area contributed by atoms with E-state index in [-0.39, 0.29) is 18.3 Å². The van der Waals surface area contributed by atoms with Crippen molar-refractivity contribution in [1.29, 1.82) is 0 Å². The minimum absolute atomic E-state index is 0.138. The SMILES string of the molecule is O=C(NCc1cc(-c2ccccc2F)no1)C1CNNC1n1cnnn1. The zero-order valence-corrected chi connectivity index (χ0v) is 13.5. The van der Waals surface area contributed by atoms with Crippen molar-refractivity contribution >= 4 is 5.91 Å². The number of hydrogen-bond donors (Lipinski definition) is 3. The minimum atomic E-state index is -0.410. The summed E-state index contributed by atoms with van der Waals surface area (Å²) >= 11 is 0. The van der Waals surface area contributed by atoms with Gasteiger partial charge in [0.1, 0.15) is 24.0 Å². The second-order valence-electron chi connectivity index (χ2n) is 5.74. The molecule has 1 aliphatic heterocycles. The molecule has 0 saturated carbocycles. The fourth-order valence-electron chi connectivity index (χ4n) is 2.77. The van der Waals surface area contributed by atoms with Gasteiger partial charge in [0.25, 0.3) is 0 Å². The van der Waals surface area contributed by atoms with Crippen molar-refractivity contribution in [2.24, 2.45) is 5.92 Å². The van der Waals surface area contributed by atoms with E-state index in [9.17, 15) is 9.18 Å². The lowest BCUT2D eigenvalue weighted by atomic mass is 10.1. The first-order valence-corrected chi connectivity index (χ1v) is 7.91. The van der Waals surface area contributed by atoms with Gasteiger partial charge in [0.2, 0.25) is 5.91 Å². The molecule has 3 heterocycles. The number of rotatable bonds is 5. The van der Waals surface area contributed by atoms with Gasteiger partial charge in [-0.25, -0.2) is 14.5 Å². The maximum absolute atomic E-state index is 13.8. The van der Waals surface area contributed by atoms with Crippen LogP contribution in [0.3, 0.4) is 0 Å². The van der Waals surface area contributed by atoms with Gasteiger partial charge in [0.15, 0.2) is 5.76 Å². The summed E-state index contributed by atoms with van der Waals surface area (Å²) in [6, 6.07) is 7.88. The molecule has 0 aliphatic carbocycles. The van der Waals surface area contributed by atoms with E-state index in [2.05, 4.69) is 36.9 Å². The lowest BCUT2D eigenvalue weighted by Gasteiger charge is -2.16. The number of hydrazine groups is 1. The Kier molecular flexibility index (Phi) is 4.37. The van der Waals surface area contributed by atoms with E-state index in [0.29, 0.717) is 23.6 Å². The number of nitrogens with one attached hydrogen (secondary N) is 3. The summed E-state index contributed by atoms with van der Waals surface area (Å²) in [5.41, 5.74) is 6.59. The first-order chi connectivity index (χ1) is 12.7. The molecule has 3 aromatic rings. The molecule has 1 fully saturated rings. The van der Waals surface area contributed by atoms with E-state index in [1.54, 1.807) is 24.3 Å². The predicted octanol–water partition coefficient (Wildman–Crippen LogP) is 0.00620. The normalized spacial score (nSPS) is 19.6. The number of benzene rings is 1. The van der Waals surface area contributed by atoms with E-state index in [1.165, 1.54) is 17.1 Å². The molecule has 2 aromatic heterocycles. The van der Waals surface area contributed by atoms with Crippen molar-refractivity contribution < 1.29 is 13.7 Å². The lowest BCUT2D eigenvalue weighted by Crippen LogP contribution is -2.37. The van der Waals surface area contributed by atoms with E-state index < -0.39 is 12.1 Å². The molecule has 1 aromatic carbocycles. The van der Waals surface area contributed by atoms with Crippen LogP contribution >= 0.6 is 0 Å². The number of nitrogens with zero attached hydrogens (tertiary/aromatic N) is 5. The molecule has 2 atom stereocenters. The molecule has 1 amide bonds. The Bertz CT molecular complexity index is 897. The van der Waals surface area contributed by atoms with Crippen LogP contribution in [0.25, 0.3) is 11.3 Å². The number of amides is 1. The summed E-state index contributed by atoms with van der Waals surface area (Å²) in [6.07, 6.45) is 1.04. The summed E-state index contributed by atoms with van der Waals surface area (Å²) in [7, 11) is 0. The number of carbonyl (C=O) groups excluding carboxylic acids is 1. The van der Waals surface area contributed by atoms with E-state index in [0.717, 1.165) is 0 Å². The van der Waals surface area contributed by atoms with Crippen molar-refractivity contribution in [1.82, 2.24) is 41.5 Å². The summed E-state index contributed by atoms with van der Waals surface area (Å²) in [5, 5.41) is 17.6. The van der Waals surface area contributed by atoms with Crippen LogP contribution in [0.4, 0.5) is 4.39 Å². The van der Waals surface area contributed by atoms with Crippen LogP contribution in [-0.2, 0) is 11.3 Å². The second-order valence-corrected chi connectivity index (χ2v) is 5.74. The Balaban J connectivity index is 1.40. The monoisotopic (exact) mass is 358 g/mol. The van der Waals surface area contributed by atoms with Crippen molar-refractivity contribution in [3.63, 3.8) is 0 Å². The maximum Gasteiger partial charge on any atom is 0.228 e. The molecular weight excluding hydrogens is 343 g/mol. The molecule has 4 rings (SSSR count). The summed E-state index contributed by atoms with van der Waals surface area (Å²) in [4.78, 5) is 12.5. The molecule has 2 unspecified atom stereocenters. The number of tetrazole rings is 1. The zero-order chi connectivity index (χ0) is 17.9. The molecule has 1 aliphatic rings. The fraction of sp³-hybridized carbons (Fsp3) is 0.267. The van der Waals surface area contributed by atoms with Crippen LogP contribution in [0.2, 0.25) is 0 Å². The standard InChI is InChI=1S/C15H15FN8O2/c16-12-4-2-1-3-10(12)13-5-9(26-21-13)6-17-15(25)11-7-18-20-14(11)24-8-19-22-23-24/h1-5,8,11,14,18,20H,6-7H2,(H,17,25). The highest BCUT2D eigenvalue weighted by Crippen LogP contribution is 2.22. The average molecular weight is 358 g/mol. The third-order valence-corrected chi connectivity index (χ3v) is 4.09. The van der Waals surface area contributed by atoms with Crippen LogP contribution in [0.15, 0.2) is 41.2 Å². The molecule has 134 valence electrons. The van der Waals surface area contributed by atoms with Gasteiger partial charge in [0.05, 0.1) is 12.5 Å². The van der Waals surface area contributed by atoms with Crippen molar-refractivity contribution in [2.75, 3.05) is 6.54 Å². The molecule has 11 heteroatoms. The number of carbonyl (C=O) groups is 1. The van der Waals surface area contributed by atoms with Gasteiger partial charge in [0, 0.05) is 18.2 Å². The molecule has 0 bridgehead atoms. The molecule has 0 radical (unpaired) electrons. The van der Waals surface area contributed by atoms with Crippen LogP contribution in [0, 0.1) is 11.7 Å². The second kappa shape index (κ2) is 6.98. The van der Waals surface area contributed by atoms with Crippen LogP contribution < -0.4 is 16.2 Å². The van der Waals surface area contributed by atoms with Gasteiger partial charge < -0.3 is 9.84 Å². The smallest absolute Gasteiger partial charge is 0.228 e. The summed E-state index contributed by atoms with van der Waals surface area (Å²) in [5.74, 6) is -0.572. The zero-order valence-electron chi connectivity index (χ0n) is 13.5. The lowest BCUT2D eigenvalue weighted by molar-refractivity contribution is -0.125. The highest BCUT2D eigenvalue weighted by molar-refractivity contribution is 5.79. The number of halogens is 1. The largest absolute Gasteiger partial charge is 0.359 e.